The van der Waals surface area contributed by atoms with Gasteiger partial charge in [-0.15, -0.1) is 0 Å². The fourth-order valence-electron chi connectivity index (χ4n) is 1.56. The van der Waals surface area contributed by atoms with E-state index in [9.17, 15) is 0 Å². The first-order chi connectivity index (χ1) is 9.60. The summed E-state index contributed by atoms with van der Waals surface area (Å²) in [5, 5.41) is 0. The van der Waals surface area contributed by atoms with Crippen LogP contribution in [0.1, 0.15) is 41.5 Å². The van der Waals surface area contributed by atoms with Crippen LogP contribution >= 0.6 is 21.6 Å². The molecule has 8 heteroatoms. The van der Waals surface area contributed by atoms with Crippen molar-refractivity contribution in [2.75, 3.05) is 26.4 Å². The lowest BCUT2D eigenvalue weighted by molar-refractivity contribution is 0.212. The lowest BCUT2D eigenvalue weighted by Gasteiger charge is -2.24. The number of hydrogen-bond donors (Lipinski definition) is 0. The predicted molar refractivity (Wildman–Crippen MR) is 94.9 cm³/mol. The molecule has 0 aliphatic rings. The van der Waals surface area contributed by atoms with Crippen molar-refractivity contribution in [3.05, 3.63) is 0 Å². The maximum absolute atomic E-state index is 5.76. The lowest BCUT2D eigenvalue weighted by Crippen LogP contribution is -2.35. The molecule has 0 aromatic heterocycles. The van der Waals surface area contributed by atoms with Gasteiger partial charge in [-0.1, -0.05) is 35.4 Å². The SMILES string of the molecule is CCO[SiH](OCC)C(C)SSC(C)[SiH](OCC)OCC. The topological polar surface area (TPSA) is 36.9 Å². The van der Waals surface area contributed by atoms with Gasteiger partial charge in [0.1, 0.15) is 0 Å². The van der Waals surface area contributed by atoms with Crippen molar-refractivity contribution in [2.24, 2.45) is 0 Å². The van der Waals surface area contributed by atoms with E-state index in [1.807, 2.05) is 49.3 Å². The summed E-state index contributed by atoms with van der Waals surface area (Å²) < 4.78 is 23.1. The third-order valence-corrected chi connectivity index (χ3v) is 12.8. The minimum absolute atomic E-state index is 0.417. The fourth-order valence-corrected chi connectivity index (χ4v) is 10.0. The highest BCUT2D eigenvalue weighted by molar-refractivity contribution is 8.77. The van der Waals surface area contributed by atoms with Crippen molar-refractivity contribution in [3.8, 4) is 0 Å². The van der Waals surface area contributed by atoms with Crippen LogP contribution in [0.15, 0.2) is 0 Å². The quantitative estimate of drug-likeness (QED) is 0.372. The van der Waals surface area contributed by atoms with Crippen LogP contribution in [-0.4, -0.2) is 54.7 Å². The zero-order valence-electron chi connectivity index (χ0n) is 13.6. The molecule has 0 bridgehead atoms. The van der Waals surface area contributed by atoms with E-state index in [-0.39, 0.29) is 0 Å². The molecule has 20 heavy (non-hydrogen) atoms. The molecule has 0 amide bonds. The molecule has 0 saturated heterocycles. The minimum Gasteiger partial charge on any atom is -0.396 e. The Morgan fingerprint density at radius 1 is 0.650 bits per heavy atom. The van der Waals surface area contributed by atoms with E-state index < -0.39 is 18.6 Å². The summed E-state index contributed by atoms with van der Waals surface area (Å²) in [7, 11) is 0.562. The van der Waals surface area contributed by atoms with Gasteiger partial charge in [0.05, 0.1) is 9.75 Å². The maximum Gasteiger partial charge on any atom is 0.335 e. The summed E-state index contributed by atoms with van der Waals surface area (Å²) in [5.41, 5.74) is 0. The molecule has 0 aliphatic carbocycles. The lowest BCUT2D eigenvalue weighted by atomic mass is 10.9. The summed E-state index contributed by atoms with van der Waals surface area (Å²) in [4.78, 5) is 0.834. The van der Waals surface area contributed by atoms with Crippen LogP contribution in [0.4, 0.5) is 0 Å². The summed E-state index contributed by atoms with van der Waals surface area (Å²) in [6.45, 7) is 15.4. The average Bonchev–Trinajstić information content (AvgIpc) is 2.44. The summed E-state index contributed by atoms with van der Waals surface area (Å²) >= 11 is 0. The van der Waals surface area contributed by atoms with Crippen molar-refractivity contribution in [1.29, 1.82) is 0 Å². The first kappa shape index (κ1) is 21.0. The molecular formula is C12H30O4S2Si2. The smallest absolute Gasteiger partial charge is 0.335 e. The Morgan fingerprint density at radius 2 is 0.900 bits per heavy atom. The fraction of sp³-hybridized carbons (Fsp3) is 1.00. The first-order valence-corrected chi connectivity index (χ1v) is 12.9. The van der Waals surface area contributed by atoms with Gasteiger partial charge in [0.15, 0.2) is 0 Å². The molecule has 0 aliphatic heterocycles. The van der Waals surface area contributed by atoms with Gasteiger partial charge in [-0.25, -0.2) is 0 Å². The van der Waals surface area contributed by atoms with Gasteiger partial charge in [-0.3, -0.25) is 0 Å². The molecule has 0 radical (unpaired) electrons. The molecule has 0 rings (SSSR count). The van der Waals surface area contributed by atoms with Gasteiger partial charge < -0.3 is 17.7 Å². The summed E-state index contributed by atoms with van der Waals surface area (Å²) in [6.07, 6.45) is 0. The molecule has 0 saturated carbocycles. The highest BCUT2D eigenvalue weighted by Gasteiger charge is 2.27. The molecule has 0 spiro atoms. The summed E-state index contributed by atoms with van der Waals surface area (Å²) in [5.74, 6) is 0. The zero-order valence-corrected chi connectivity index (χ0v) is 17.5. The Labute approximate surface area is 135 Å². The monoisotopic (exact) mass is 358 g/mol. The molecule has 0 heterocycles. The number of hydrogen-bond acceptors (Lipinski definition) is 6. The molecule has 0 aromatic carbocycles. The average molecular weight is 359 g/mol. The van der Waals surface area contributed by atoms with Gasteiger partial charge in [0.25, 0.3) is 0 Å². The highest BCUT2D eigenvalue weighted by Crippen LogP contribution is 2.33. The largest absolute Gasteiger partial charge is 0.396 e. The van der Waals surface area contributed by atoms with Gasteiger partial charge in [0, 0.05) is 26.4 Å². The second kappa shape index (κ2) is 13.6. The summed E-state index contributed by atoms with van der Waals surface area (Å²) in [6, 6.07) is 0. The van der Waals surface area contributed by atoms with Crippen LogP contribution in [0.25, 0.3) is 0 Å². The molecule has 2 unspecified atom stereocenters. The van der Waals surface area contributed by atoms with Crippen LogP contribution in [0, 0.1) is 0 Å². The van der Waals surface area contributed by atoms with E-state index in [2.05, 4.69) is 13.8 Å². The molecular weight excluding hydrogens is 328 g/mol. The van der Waals surface area contributed by atoms with Crippen LogP contribution < -0.4 is 0 Å². The van der Waals surface area contributed by atoms with Gasteiger partial charge in [-0.2, -0.15) is 0 Å². The predicted octanol–water partition coefficient (Wildman–Crippen LogP) is 2.81. The van der Waals surface area contributed by atoms with Gasteiger partial charge >= 0.3 is 18.6 Å². The van der Waals surface area contributed by atoms with Crippen LogP contribution in [0.3, 0.4) is 0 Å². The second-order valence-electron chi connectivity index (χ2n) is 4.16. The van der Waals surface area contributed by atoms with Crippen molar-refractivity contribution in [3.63, 3.8) is 0 Å². The van der Waals surface area contributed by atoms with Crippen molar-refractivity contribution < 1.29 is 17.7 Å². The molecule has 122 valence electrons. The minimum atomic E-state index is -1.57. The Balaban J connectivity index is 4.20. The van der Waals surface area contributed by atoms with Crippen molar-refractivity contribution in [1.82, 2.24) is 0 Å². The number of rotatable bonds is 13. The normalized spacial score (nSPS) is 15.0. The molecule has 0 N–H and O–H groups in total. The standard InChI is InChI=1S/C12H30O4S2Si2/c1-7-13-19(14-8-2)11(5)17-18-12(6)20(15-9-3)16-10-4/h11-12,19-20H,7-10H2,1-6H3. The molecule has 0 aromatic rings. The molecule has 4 nitrogen and oxygen atoms in total. The first-order valence-electron chi connectivity index (χ1n) is 7.39. The highest BCUT2D eigenvalue weighted by atomic mass is 33.1. The van der Waals surface area contributed by atoms with Gasteiger partial charge in [0.2, 0.25) is 0 Å². The van der Waals surface area contributed by atoms with E-state index in [1.54, 1.807) is 0 Å². The van der Waals surface area contributed by atoms with E-state index >= 15 is 0 Å². The zero-order chi connectivity index (χ0) is 15.4. The van der Waals surface area contributed by atoms with E-state index in [0.717, 1.165) is 26.4 Å². The van der Waals surface area contributed by atoms with Crippen LogP contribution in [0.2, 0.25) is 0 Å². The third-order valence-electron chi connectivity index (χ3n) is 2.45. The van der Waals surface area contributed by atoms with Gasteiger partial charge in [-0.05, 0) is 27.7 Å². The maximum atomic E-state index is 5.76. The van der Waals surface area contributed by atoms with E-state index in [1.165, 1.54) is 0 Å². The van der Waals surface area contributed by atoms with Crippen LogP contribution in [-0.2, 0) is 17.7 Å². The Bertz CT molecular complexity index is 194. The third kappa shape index (κ3) is 9.09. The van der Waals surface area contributed by atoms with E-state index in [0.29, 0.717) is 9.75 Å². The molecule has 0 fully saturated rings. The van der Waals surface area contributed by atoms with Crippen LogP contribution in [0.5, 0.6) is 0 Å². The van der Waals surface area contributed by atoms with Crippen molar-refractivity contribution >= 4 is 40.2 Å². The van der Waals surface area contributed by atoms with E-state index in [4.69, 9.17) is 17.7 Å². The Kier molecular flexibility index (Phi) is 14.3. The Morgan fingerprint density at radius 3 is 1.10 bits per heavy atom. The molecule has 2 atom stereocenters. The Hall–Kier alpha value is 0.974. The second-order valence-corrected chi connectivity index (χ2v) is 13.0. The van der Waals surface area contributed by atoms with Crippen molar-refractivity contribution in [2.45, 2.75) is 51.3 Å².